The molecule has 2 N–H and O–H groups in total. The number of methoxy groups -OCH3 is 1. The van der Waals surface area contributed by atoms with Gasteiger partial charge in [-0.2, -0.15) is 5.10 Å². The Bertz CT molecular complexity index is 1020. The third kappa shape index (κ3) is 4.65. The molecule has 0 bridgehead atoms. The van der Waals surface area contributed by atoms with E-state index < -0.39 is 5.97 Å². The number of carbonyl (C=O) groups excluding carboxylic acids is 2. The number of hydrogen-bond donors (Lipinski definition) is 2. The highest BCUT2D eigenvalue weighted by atomic mass is 35.5. The van der Waals surface area contributed by atoms with Crippen LogP contribution in [0.1, 0.15) is 20.8 Å². The molecule has 0 radical (unpaired) electrons. The predicted molar refractivity (Wildman–Crippen MR) is 111 cm³/mol. The van der Waals surface area contributed by atoms with E-state index in [1.54, 1.807) is 54.7 Å². The van der Waals surface area contributed by atoms with Crippen LogP contribution in [0.3, 0.4) is 0 Å². The Morgan fingerprint density at radius 3 is 2.68 bits per heavy atom. The van der Waals surface area contributed by atoms with Gasteiger partial charge in [-0.1, -0.05) is 29.6 Å². The topological polar surface area (TPSA) is 85.2 Å². The molecule has 3 aromatic rings. The van der Waals surface area contributed by atoms with Crippen molar-refractivity contribution in [3.8, 4) is 5.69 Å². The number of hydrogen-bond acceptors (Lipinski definition) is 6. The van der Waals surface area contributed by atoms with Crippen molar-refractivity contribution in [2.45, 2.75) is 0 Å². The van der Waals surface area contributed by atoms with Gasteiger partial charge in [0.1, 0.15) is 0 Å². The van der Waals surface area contributed by atoms with Crippen LogP contribution in [0.15, 0.2) is 54.7 Å². The average Bonchev–Trinajstić information content (AvgIpc) is 3.17. The van der Waals surface area contributed by atoms with Crippen molar-refractivity contribution in [1.82, 2.24) is 9.78 Å². The molecule has 7 nitrogen and oxygen atoms in total. The molecule has 0 atom stereocenters. The molecular weight excluding hydrogens is 400 g/mol. The molecule has 0 aliphatic rings. The largest absolute Gasteiger partial charge is 0.464 e. The maximum Gasteiger partial charge on any atom is 0.358 e. The number of ether oxygens (including phenoxy) is 1. The fourth-order valence-electron chi connectivity index (χ4n) is 2.51. The molecule has 1 aromatic heterocycles. The van der Waals surface area contributed by atoms with Crippen molar-refractivity contribution in [3.05, 3.63) is 71.0 Å². The number of nitrogens with one attached hydrogen (secondary N) is 2. The summed E-state index contributed by atoms with van der Waals surface area (Å²) in [4.78, 5) is 24.2. The summed E-state index contributed by atoms with van der Waals surface area (Å²) < 4.78 is 9.24. The first-order chi connectivity index (χ1) is 13.5. The summed E-state index contributed by atoms with van der Waals surface area (Å²) >= 11 is 7.54. The zero-order valence-corrected chi connectivity index (χ0v) is 16.7. The highest BCUT2D eigenvalue weighted by Gasteiger charge is 2.12. The summed E-state index contributed by atoms with van der Waals surface area (Å²) in [6.45, 7) is 0. The Labute approximate surface area is 171 Å². The smallest absolute Gasteiger partial charge is 0.358 e. The molecule has 0 aliphatic heterocycles. The van der Waals surface area contributed by atoms with E-state index in [-0.39, 0.29) is 11.6 Å². The molecule has 28 heavy (non-hydrogen) atoms. The van der Waals surface area contributed by atoms with Crippen molar-refractivity contribution in [1.29, 1.82) is 0 Å². The van der Waals surface area contributed by atoms with Crippen LogP contribution in [0.5, 0.6) is 0 Å². The van der Waals surface area contributed by atoms with Crippen LogP contribution in [-0.2, 0) is 4.74 Å². The van der Waals surface area contributed by atoms with Crippen LogP contribution in [0.25, 0.3) is 5.69 Å². The van der Waals surface area contributed by atoms with Gasteiger partial charge in [-0.05, 0) is 42.5 Å². The summed E-state index contributed by atoms with van der Waals surface area (Å²) in [6.07, 6.45) is 3.52. The molecule has 0 aliphatic carbocycles. The monoisotopic (exact) mass is 416 g/mol. The van der Waals surface area contributed by atoms with E-state index in [0.29, 0.717) is 22.0 Å². The average molecular weight is 417 g/mol. The highest BCUT2D eigenvalue weighted by Crippen LogP contribution is 2.24. The minimum absolute atomic E-state index is 0.185. The van der Waals surface area contributed by atoms with E-state index in [9.17, 15) is 9.59 Å². The van der Waals surface area contributed by atoms with Crippen LogP contribution in [0.4, 0.5) is 11.4 Å². The van der Waals surface area contributed by atoms with Gasteiger partial charge in [0.2, 0.25) is 0 Å². The van der Waals surface area contributed by atoms with Crippen molar-refractivity contribution < 1.29 is 14.3 Å². The molecule has 2 aromatic carbocycles. The number of rotatable bonds is 6. The third-order valence-electron chi connectivity index (χ3n) is 3.73. The lowest BCUT2D eigenvalue weighted by molar-refractivity contribution is 0.0593. The molecule has 3 rings (SSSR count). The Kier molecular flexibility index (Phi) is 6.23. The van der Waals surface area contributed by atoms with Gasteiger partial charge in [-0.25, -0.2) is 9.48 Å². The molecule has 0 fully saturated rings. The minimum Gasteiger partial charge on any atom is -0.464 e. The lowest BCUT2D eigenvalue weighted by Gasteiger charge is -2.10. The first-order valence-electron chi connectivity index (χ1n) is 8.15. The molecule has 0 saturated heterocycles. The summed E-state index contributed by atoms with van der Waals surface area (Å²) in [7, 11) is 1.29. The lowest BCUT2D eigenvalue weighted by Crippen LogP contribution is -2.12. The maximum absolute atomic E-state index is 12.7. The number of esters is 1. The van der Waals surface area contributed by atoms with E-state index in [2.05, 4.69) is 19.9 Å². The number of aromatic nitrogens is 2. The normalized spacial score (nSPS) is 10.4. The third-order valence-corrected chi connectivity index (χ3v) is 4.39. The minimum atomic E-state index is -0.525. The van der Waals surface area contributed by atoms with Gasteiger partial charge in [-0.15, -0.1) is 0 Å². The van der Waals surface area contributed by atoms with Gasteiger partial charge >= 0.3 is 5.97 Å². The fourth-order valence-corrected chi connectivity index (χ4v) is 3.10. The Morgan fingerprint density at radius 2 is 1.93 bits per heavy atom. The number of nitrogens with zero attached hydrogens (tertiary/aromatic N) is 2. The number of amides is 1. The number of carbonyl (C=O) groups is 2. The Balaban J connectivity index is 1.81. The van der Waals surface area contributed by atoms with Gasteiger partial charge in [0.05, 0.1) is 12.8 Å². The van der Waals surface area contributed by atoms with E-state index in [1.807, 2.05) is 6.26 Å². The summed E-state index contributed by atoms with van der Waals surface area (Å²) in [5.74, 6) is -0.817. The van der Waals surface area contributed by atoms with Crippen LogP contribution in [0, 0.1) is 0 Å². The van der Waals surface area contributed by atoms with E-state index >= 15 is 0 Å². The molecule has 9 heteroatoms. The van der Waals surface area contributed by atoms with Crippen molar-refractivity contribution in [3.63, 3.8) is 0 Å². The second-order valence-corrected chi connectivity index (χ2v) is 6.73. The molecule has 0 spiro atoms. The van der Waals surface area contributed by atoms with Gasteiger partial charge in [0.25, 0.3) is 5.91 Å². The SMILES string of the molecule is COC(=O)c1ccn(-c2cccc(C(=O)Nc3cc(Cl)cc(NSC)c3)c2)n1. The summed E-state index contributed by atoms with van der Waals surface area (Å²) in [5.41, 5.74) is 2.62. The first-order valence-corrected chi connectivity index (χ1v) is 9.76. The van der Waals surface area contributed by atoms with Crippen LogP contribution in [-0.4, -0.2) is 35.0 Å². The van der Waals surface area contributed by atoms with Crippen LogP contribution in [0.2, 0.25) is 5.02 Å². The zero-order valence-electron chi connectivity index (χ0n) is 15.1. The highest BCUT2D eigenvalue weighted by molar-refractivity contribution is 7.99. The molecule has 144 valence electrons. The van der Waals surface area contributed by atoms with Gasteiger partial charge in [0, 0.05) is 34.4 Å². The van der Waals surface area contributed by atoms with Crippen LogP contribution >= 0.6 is 23.5 Å². The summed E-state index contributed by atoms with van der Waals surface area (Å²) in [6, 6.07) is 13.7. The Hall–Kier alpha value is -2.97. The van der Waals surface area contributed by atoms with Crippen molar-refractivity contribution in [2.24, 2.45) is 0 Å². The standard InChI is InChI=1S/C19H17ClN4O3S/c1-27-19(26)17-6-7-24(22-17)16-5-3-4-12(8-16)18(25)21-14-9-13(20)10-15(11-14)23-28-2/h3-11,23H,1-2H3,(H,21,25). The van der Waals surface area contributed by atoms with Crippen molar-refractivity contribution >= 4 is 46.8 Å². The molecular formula is C19H17ClN4O3S. The number of anilines is 2. The Morgan fingerprint density at radius 1 is 1.14 bits per heavy atom. The maximum atomic E-state index is 12.7. The van der Waals surface area contributed by atoms with Gasteiger partial charge < -0.3 is 14.8 Å². The molecule has 0 unspecified atom stereocenters. The quantitative estimate of drug-likeness (QED) is 0.461. The second kappa shape index (κ2) is 8.81. The lowest BCUT2D eigenvalue weighted by atomic mass is 10.2. The summed E-state index contributed by atoms with van der Waals surface area (Å²) in [5, 5.41) is 7.50. The number of benzene rings is 2. The zero-order chi connectivity index (χ0) is 20.1. The first kappa shape index (κ1) is 19.8. The van der Waals surface area contributed by atoms with Gasteiger partial charge in [-0.3, -0.25) is 4.79 Å². The number of halogens is 1. The predicted octanol–water partition coefficient (Wildman–Crippen LogP) is 4.25. The van der Waals surface area contributed by atoms with E-state index in [4.69, 9.17) is 11.6 Å². The molecule has 1 heterocycles. The van der Waals surface area contributed by atoms with Crippen molar-refractivity contribution in [2.75, 3.05) is 23.4 Å². The van der Waals surface area contributed by atoms with E-state index in [1.165, 1.54) is 23.7 Å². The molecule has 1 amide bonds. The van der Waals surface area contributed by atoms with Gasteiger partial charge in [0.15, 0.2) is 5.69 Å². The second-order valence-electron chi connectivity index (χ2n) is 5.68. The fraction of sp³-hybridized carbons (Fsp3) is 0.105. The van der Waals surface area contributed by atoms with Crippen LogP contribution < -0.4 is 10.0 Å². The van der Waals surface area contributed by atoms with E-state index in [0.717, 1.165) is 5.69 Å². The molecule has 0 saturated carbocycles.